The maximum atomic E-state index is 11.9. The van der Waals surface area contributed by atoms with Crippen LogP contribution in [0.15, 0.2) is 24.3 Å². The van der Waals surface area contributed by atoms with Gasteiger partial charge in [0.25, 0.3) is 0 Å². The molecular formula is C15H22N2O. The molecule has 1 heterocycles. The number of carbonyl (C=O) groups is 1. The van der Waals surface area contributed by atoms with Gasteiger partial charge in [0.1, 0.15) is 0 Å². The van der Waals surface area contributed by atoms with Crippen molar-refractivity contribution in [3.8, 4) is 0 Å². The number of nitrogens with zero attached hydrogens (tertiary/aromatic N) is 1. The van der Waals surface area contributed by atoms with Gasteiger partial charge in [-0.3, -0.25) is 0 Å². The monoisotopic (exact) mass is 246 g/mol. The highest BCUT2D eigenvalue weighted by atomic mass is 16.2. The van der Waals surface area contributed by atoms with E-state index in [0.29, 0.717) is 0 Å². The van der Waals surface area contributed by atoms with Crippen LogP contribution in [0.2, 0.25) is 0 Å². The molecule has 1 fully saturated rings. The molecule has 0 spiro atoms. The Hall–Kier alpha value is -1.51. The number of hydrogen-bond donors (Lipinski definition) is 1. The van der Waals surface area contributed by atoms with E-state index >= 15 is 0 Å². The van der Waals surface area contributed by atoms with Crippen LogP contribution >= 0.6 is 0 Å². The van der Waals surface area contributed by atoms with E-state index in [1.165, 1.54) is 17.5 Å². The van der Waals surface area contributed by atoms with Crippen molar-refractivity contribution in [3.63, 3.8) is 0 Å². The normalized spacial score (nSPS) is 15.5. The summed E-state index contributed by atoms with van der Waals surface area (Å²) < 4.78 is 0. The summed E-state index contributed by atoms with van der Waals surface area (Å²) in [4.78, 5) is 13.8. The summed E-state index contributed by atoms with van der Waals surface area (Å²) in [6.07, 6.45) is 4.45. The minimum atomic E-state index is 0.0989. The fourth-order valence-electron chi connectivity index (χ4n) is 2.28. The van der Waals surface area contributed by atoms with Crippen LogP contribution in [0, 0.1) is 6.92 Å². The Morgan fingerprint density at radius 1 is 1.17 bits per heavy atom. The number of carbonyl (C=O) groups excluding carboxylic acids is 1. The average Bonchev–Trinajstić information content (AvgIpc) is 2.42. The molecule has 98 valence electrons. The van der Waals surface area contributed by atoms with Gasteiger partial charge in [0.15, 0.2) is 0 Å². The van der Waals surface area contributed by atoms with E-state index in [9.17, 15) is 4.79 Å². The molecule has 3 nitrogen and oxygen atoms in total. The van der Waals surface area contributed by atoms with Gasteiger partial charge >= 0.3 is 6.03 Å². The second-order valence-electron chi connectivity index (χ2n) is 5.02. The lowest BCUT2D eigenvalue weighted by Crippen LogP contribution is -2.43. The first kappa shape index (κ1) is 12.9. The van der Waals surface area contributed by atoms with Crippen LogP contribution in [-0.2, 0) is 6.42 Å². The van der Waals surface area contributed by atoms with Crippen molar-refractivity contribution in [1.29, 1.82) is 0 Å². The Balaban J connectivity index is 1.71. The minimum absolute atomic E-state index is 0.0989. The lowest BCUT2D eigenvalue weighted by atomic mass is 10.1. The number of likely N-dealkylation sites (tertiary alicyclic amines) is 1. The zero-order valence-corrected chi connectivity index (χ0v) is 11.1. The number of benzene rings is 1. The smallest absolute Gasteiger partial charge is 0.317 e. The van der Waals surface area contributed by atoms with Gasteiger partial charge in [-0.2, -0.15) is 0 Å². The van der Waals surface area contributed by atoms with E-state index in [0.717, 1.165) is 38.9 Å². The summed E-state index contributed by atoms with van der Waals surface area (Å²) in [6.45, 7) is 4.63. The highest BCUT2D eigenvalue weighted by Gasteiger charge is 2.15. The van der Waals surface area contributed by atoms with Gasteiger partial charge in [-0.25, -0.2) is 4.79 Å². The van der Waals surface area contributed by atoms with E-state index in [1.807, 2.05) is 4.90 Å². The molecule has 2 amide bonds. The molecule has 0 bridgehead atoms. The minimum Gasteiger partial charge on any atom is -0.338 e. The predicted octanol–water partition coefficient (Wildman–Crippen LogP) is 2.73. The molecule has 0 atom stereocenters. The van der Waals surface area contributed by atoms with Crippen LogP contribution in [0.4, 0.5) is 4.79 Å². The van der Waals surface area contributed by atoms with Gasteiger partial charge in [-0.15, -0.1) is 0 Å². The fraction of sp³-hybridized carbons (Fsp3) is 0.533. The molecule has 1 aliphatic heterocycles. The van der Waals surface area contributed by atoms with Gasteiger partial charge in [0.2, 0.25) is 0 Å². The zero-order chi connectivity index (χ0) is 12.8. The molecule has 0 unspecified atom stereocenters. The second-order valence-corrected chi connectivity index (χ2v) is 5.02. The predicted molar refractivity (Wildman–Crippen MR) is 73.7 cm³/mol. The summed E-state index contributed by atoms with van der Waals surface area (Å²) in [5.41, 5.74) is 2.55. The number of aryl methyl sites for hydroxylation is 1. The number of amides is 2. The Kier molecular flexibility index (Phi) is 4.62. The van der Waals surface area contributed by atoms with Crippen molar-refractivity contribution in [1.82, 2.24) is 10.2 Å². The molecule has 1 N–H and O–H groups in total. The standard InChI is InChI=1S/C15H22N2O/c1-13-5-7-14(8-6-13)9-10-16-15(18)17-11-3-2-4-12-17/h5-8H,2-4,9-12H2,1H3,(H,16,18). The lowest BCUT2D eigenvalue weighted by Gasteiger charge is -2.26. The molecule has 1 aliphatic rings. The second kappa shape index (κ2) is 6.43. The molecule has 3 heteroatoms. The Morgan fingerprint density at radius 2 is 1.83 bits per heavy atom. The number of rotatable bonds is 3. The first-order valence-corrected chi connectivity index (χ1v) is 6.84. The molecule has 2 rings (SSSR count). The highest BCUT2D eigenvalue weighted by Crippen LogP contribution is 2.08. The third-order valence-electron chi connectivity index (χ3n) is 3.45. The maximum absolute atomic E-state index is 11.9. The van der Waals surface area contributed by atoms with E-state index in [4.69, 9.17) is 0 Å². The Morgan fingerprint density at radius 3 is 2.50 bits per heavy atom. The van der Waals surface area contributed by atoms with Gasteiger partial charge in [-0.1, -0.05) is 29.8 Å². The topological polar surface area (TPSA) is 32.3 Å². The summed E-state index contributed by atoms with van der Waals surface area (Å²) in [5, 5.41) is 3.00. The van der Waals surface area contributed by atoms with Crippen LogP contribution in [0.3, 0.4) is 0 Å². The van der Waals surface area contributed by atoms with E-state index in [-0.39, 0.29) is 6.03 Å². The molecular weight excluding hydrogens is 224 g/mol. The molecule has 1 aromatic carbocycles. The molecule has 1 aromatic rings. The highest BCUT2D eigenvalue weighted by molar-refractivity contribution is 5.74. The molecule has 0 radical (unpaired) electrons. The van der Waals surface area contributed by atoms with E-state index in [2.05, 4.69) is 36.5 Å². The summed E-state index contributed by atoms with van der Waals surface area (Å²) >= 11 is 0. The number of hydrogen-bond acceptors (Lipinski definition) is 1. The largest absolute Gasteiger partial charge is 0.338 e. The maximum Gasteiger partial charge on any atom is 0.317 e. The summed E-state index contributed by atoms with van der Waals surface area (Å²) in [6, 6.07) is 8.58. The van der Waals surface area contributed by atoms with Crippen LogP contribution in [0.1, 0.15) is 30.4 Å². The van der Waals surface area contributed by atoms with E-state index < -0.39 is 0 Å². The number of nitrogens with one attached hydrogen (secondary N) is 1. The van der Waals surface area contributed by atoms with Crippen molar-refractivity contribution in [2.45, 2.75) is 32.6 Å². The lowest BCUT2D eigenvalue weighted by molar-refractivity contribution is 0.186. The average molecular weight is 246 g/mol. The first-order valence-electron chi connectivity index (χ1n) is 6.84. The van der Waals surface area contributed by atoms with Crippen molar-refractivity contribution in [2.24, 2.45) is 0 Å². The van der Waals surface area contributed by atoms with Gasteiger partial charge < -0.3 is 10.2 Å². The Bertz CT molecular complexity index is 380. The SMILES string of the molecule is Cc1ccc(CCNC(=O)N2CCCCC2)cc1. The first-order chi connectivity index (χ1) is 8.75. The van der Waals surface area contributed by atoms with Gasteiger partial charge in [0, 0.05) is 19.6 Å². The van der Waals surface area contributed by atoms with Crippen LogP contribution in [0.25, 0.3) is 0 Å². The Labute approximate surface area is 109 Å². The molecule has 0 saturated carbocycles. The van der Waals surface area contributed by atoms with Gasteiger partial charge in [0.05, 0.1) is 0 Å². The molecule has 18 heavy (non-hydrogen) atoms. The molecule has 0 aromatic heterocycles. The van der Waals surface area contributed by atoms with Crippen molar-refractivity contribution in [3.05, 3.63) is 35.4 Å². The van der Waals surface area contributed by atoms with Crippen LogP contribution in [-0.4, -0.2) is 30.6 Å². The number of piperidine rings is 1. The van der Waals surface area contributed by atoms with Crippen LogP contribution in [0.5, 0.6) is 0 Å². The fourth-order valence-corrected chi connectivity index (χ4v) is 2.28. The quantitative estimate of drug-likeness (QED) is 0.874. The number of urea groups is 1. The van der Waals surface area contributed by atoms with Crippen LogP contribution < -0.4 is 5.32 Å². The van der Waals surface area contributed by atoms with E-state index in [1.54, 1.807) is 0 Å². The van der Waals surface area contributed by atoms with Gasteiger partial charge in [-0.05, 0) is 38.2 Å². The van der Waals surface area contributed by atoms with Crippen molar-refractivity contribution >= 4 is 6.03 Å². The molecule has 0 aliphatic carbocycles. The van der Waals surface area contributed by atoms with Crippen molar-refractivity contribution in [2.75, 3.05) is 19.6 Å². The third kappa shape index (κ3) is 3.76. The zero-order valence-electron chi connectivity index (χ0n) is 11.1. The third-order valence-corrected chi connectivity index (χ3v) is 3.45. The summed E-state index contributed by atoms with van der Waals surface area (Å²) in [5.74, 6) is 0. The van der Waals surface area contributed by atoms with Crippen molar-refractivity contribution < 1.29 is 4.79 Å². The summed E-state index contributed by atoms with van der Waals surface area (Å²) in [7, 11) is 0. The molecule has 1 saturated heterocycles.